The molecule has 0 aliphatic heterocycles. The summed E-state index contributed by atoms with van der Waals surface area (Å²) < 4.78 is 61.5. The normalized spacial score (nSPS) is 10.9. The Morgan fingerprint density at radius 3 is 1.09 bits per heavy atom. The van der Waals surface area contributed by atoms with Gasteiger partial charge in [-0.15, -0.1) is 0 Å². The van der Waals surface area contributed by atoms with E-state index < -0.39 is 31.7 Å². The molecule has 0 heterocycles. The van der Waals surface area contributed by atoms with Crippen molar-refractivity contribution in [2.75, 3.05) is 0 Å². The van der Waals surface area contributed by atoms with Gasteiger partial charge in [0.1, 0.15) is 0 Å². The van der Waals surface area contributed by atoms with Crippen molar-refractivity contribution in [2.24, 2.45) is 0 Å². The number of hydrogen-bond donors (Lipinski definition) is 0. The Morgan fingerprint density at radius 1 is 0.609 bits per heavy atom. The molecule has 0 fully saturated rings. The fraction of sp³-hybridized carbons (Fsp3) is 0.143. The van der Waals surface area contributed by atoms with Crippen molar-refractivity contribution >= 4 is 20.2 Å². The third-order valence-electron chi connectivity index (χ3n) is 2.37. The van der Waals surface area contributed by atoms with Crippen LogP contribution in [0.1, 0.15) is 11.1 Å². The van der Waals surface area contributed by atoms with Crippen LogP contribution in [0.3, 0.4) is 0 Å². The van der Waals surface area contributed by atoms with E-state index in [1.165, 1.54) is 0 Å². The van der Waals surface area contributed by atoms with Crippen LogP contribution >= 0.6 is 0 Å². The number of rotatable bonds is 4. The molecule has 0 amide bonds. The third kappa shape index (κ3) is 11.9. The molecular formula is C14H14CoO6S2. The van der Waals surface area contributed by atoms with Gasteiger partial charge in [0.25, 0.3) is 0 Å². The first kappa shape index (κ1) is 21.8. The predicted octanol–water partition coefficient (Wildman–Crippen LogP) is 1.46. The van der Waals surface area contributed by atoms with E-state index in [0.29, 0.717) is 11.1 Å². The van der Waals surface area contributed by atoms with Gasteiger partial charge >= 0.3 is 16.8 Å². The van der Waals surface area contributed by atoms with Gasteiger partial charge in [-0.05, 0) is 11.1 Å². The van der Waals surface area contributed by atoms with E-state index in [2.05, 4.69) is 0 Å². The minimum absolute atomic E-state index is 0. The largest absolute Gasteiger partial charge is 2.00 e. The molecule has 0 atom stereocenters. The second-order valence-electron chi connectivity index (χ2n) is 4.38. The summed E-state index contributed by atoms with van der Waals surface area (Å²) in [6.45, 7) is 0. The van der Waals surface area contributed by atoms with Crippen molar-refractivity contribution in [3.05, 3.63) is 71.8 Å². The summed E-state index contributed by atoms with van der Waals surface area (Å²) in [5.74, 6) is -0.846. The zero-order valence-electron chi connectivity index (χ0n) is 11.8. The monoisotopic (exact) mass is 401 g/mol. The molecule has 127 valence electrons. The summed E-state index contributed by atoms with van der Waals surface area (Å²) in [7, 11) is -8.25. The molecule has 0 spiro atoms. The minimum Gasteiger partial charge on any atom is -0.748 e. The molecule has 0 aliphatic rings. The number of benzene rings is 2. The van der Waals surface area contributed by atoms with Gasteiger partial charge in [0.15, 0.2) is 0 Å². The fourth-order valence-electron chi connectivity index (χ4n) is 1.56. The summed E-state index contributed by atoms with van der Waals surface area (Å²) in [5.41, 5.74) is 1.06. The molecule has 2 rings (SSSR count). The van der Waals surface area contributed by atoms with E-state index in [4.69, 9.17) is 0 Å². The van der Waals surface area contributed by atoms with E-state index in [-0.39, 0.29) is 16.8 Å². The SMILES string of the molecule is O=S(=O)([O-])Cc1ccccc1.O=S(=O)([O-])Cc1ccccc1.[Co+2]. The van der Waals surface area contributed by atoms with E-state index in [0.717, 1.165) is 0 Å². The van der Waals surface area contributed by atoms with Crippen LogP contribution in [-0.4, -0.2) is 25.9 Å². The minimum atomic E-state index is -4.13. The van der Waals surface area contributed by atoms with Gasteiger partial charge in [0.2, 0.25) is 0 Å². The van der Waals surface area contributed by atoms with Crippen molar-refractivity contribution in [2.45, 2.75) is 11.5 Å². The molecule has 0 aliphatic carbocycles. The average molecular weight is 401 g/mol. The standard InChI is InChI=1S/2C7H8O3S.Co/c2*8-11(9,10)6-7-4-2-1-3-5-7;/h2*1-5H,6H2,(H,8,9,10);/q;;+2/p-2. The summed E-state index contributed by atoms with van der Waals surface area (Å²) in [4.78, 5) is 0. The van der Waals surface area contributed by atoms with Gasteiger partial charge in [-0.2, -0.15) is 0 Å². The van der Waals surface area contributed by atoms with Gasteiger partial charge in [-0.1, -0.05) is 60.7 Å². The Bertz CT molecular complexity index is 705. The van der Waals surface area contributed by atoms with Crippen LogP contribution in [-0.2, 0) is 48.5 Å². The molecule has 23 heavy (non-hydrogen) atoms. The Hall–Kier alpha value is -1.23. The maximum Gasteiger partial charge on any atom is 2.00 e. The quantitative estimate of drug-likeness (QED) is 0.717. The van der Waals surface area contributed by atoms with E-state index in [1.54, 1.807) is 60.7 Å². The van der Waals surface area contributed by atoms with Crippen LogP contribution in [0.4, 0.5) is 0 Å². The second-order valence-corrected chi connectivity index (χ2v) is 7.18. The summed E-state index contributed by atoms with van der Waals surface area (Å²) in [6.07, 6.45) is 0. The first-order valence-corrected chi connectivity index (χ1v) is 9.26. The Kier molecular flexibility index (Phi) is 9.28. The summed E-state index contributed by atoms with van der Waals surface area (Å²) in [5, 5.41) is 0. The first-order valence-electron chi connectivity index (χ1n) is 6.11. The molecule has 0 aromatic heterocycles. The van der Waals surface area contributed by atoms with Gasteiger partial charge < -0.3 is 9.11 Å². The Morgan fingerprint density at radius 2 is 0.870 bits per heavy atom. The van der Waals surface area contributed by atoms with Gasteiger partial charge in [-0.25, -0.2) is 16.8 Å². The fourth-order valence-corrected chi connectivity index (χ4v) is 2.76. The topological polar surface area (TPSA) is 114 Å². The van der Waals surface area contributed by atoms with Crippen LogP contribution < -0.4 is 0 Å². The van der Waals surface area contributed by atoms with Crippen LogP contribution in [0.25, 0.3) is 0 Å². The van der Waals surface area contributed by atoms with Gasteiger partial charge in [0, 0.05) is 0 Å². The molecule has 1 radical (unpaired) electrons. The predicted molar refractivity (Wildman–Crippen MR) is 79.7 cm³/mol. The van der Waals surface area contributed by atoms with Crippen LogP contribution in [0.15, 0.2) is 60.7 Å². The van der Waals surface area contributed by atoms with E-state index in [1.807, 2.05) is 0 Å². The third-order valence-corrected chi connectivity index (χ3v) is 3.75. The molecule has 0 saturated carbocycles. The zero-order chi connectivity index (χ0) is 16.6. The molecule has 0 N–H and O–H groups in total. The van der Waals surface area contributed by atoms with E-state index in [9.17, 15) is 25.9 Å². The molecule has 0 unspecified atom stereocenters. The average Bonchev–Trinajstić information content (AvgIpc) is 2.38. The van der Waals surface area contributed by atoms with Crippen LogP contribution in [0.5, 0.6) is 0 Å². The van der Waals surface area contributed by atoms with Crippen LogP contribution in [0.2, 0.25) is 0 Å². The Balaban J connectivity index is 0.000000403. The van der Waals surface area contributed by atoms with Crippen LogP contribution in [0, 0.1) is 0 Å². The van der Waals surface area contributed by atoms with Crippen molar-refractivity contribution in [1.82, 2.24) is 0 Å². The van der Waals surface area contributed by atoms with Gasteiger partial charge in [-0.3, -0.25) is 0 Å². The zero-order valence-corrected chi connectivity index (χ0v) is 14.5. The molecule has 6 nitrogen and oxygen atoms in total. The van der Waals surface area contributed by atoms with E-state index >= 15 is 0 Å². The summed E-state index contributed by atoms with van der Waals surface area (Å²) >= 11 is 0. The number of hydrogen-bond acceptors (Lipinski definition) is 6. The molecule has 9 heteroatoms. The Labute approximate surface area is 146 Å². The molecule has 2 aromatic carbocycles. The van der Waals surface area contributed by atoms with Crippen molar-refractivity contribution in [3.8, 4) is 0 Å². The van der Waals surface area contributed by atoms with Gasteiger partial charge in [0.05, 0.1) is 31.7 Å². The van der Waals surface area contributed by atoms with Crippen molar-refractivity contribution < 1.29 is 42.7 Å². The summed E-state index contributed by atoms with van der Waals surface area (Å²) in [6, 6.07) is 16.7. The molecular weight excluding hydrogens is 387 g/mol. The smallest absolute Gasteiger partial charge is 0.748 e. The molecule has 0 bridgehead atoms. The maximum absolute atomic E-state index is 10.2. The first-order chi connectivity index (χ1) is 10.2. The maximum atomic E-state index is 10.2. The van der Waals surface area contributed by atoms with Crippen molar-refractivity contribution in [3.63, 3.8) is 0 Å². The second kappa shape index (κ2) is 9.81. The molecule has 2 aromatic rings. The van der Waals surface area contributed by atoms with Crippen molar-refractivity contribution in [1.29, 1.82) is 0 Å². The molecule has 0 saturated heterocycles.